The number of aliphatic hydroxyl groups excluding tert-OH is 2. The van der Waals surface area contributed by atoms with Crippen molar-refractivity contribution in [2.45, 2.75) is 135 Å². The molecule has 65 heavy (non-hydrogen) atoms. The third-order valence-electron chi connectivity index (χ3n) is 14.3. The number of rotatable bonds is 23. The van der Waals surface area contributed by atoms with Crippen LogP contribution in [0.5, 0.6) is 17.2 Å². The number of hydrogen-bond donors (Lipinski definition) is 2. The highest BCUT2D eigenvalue weighted by atomic mass is 16.7. The van der Waals surface area contributed by atoms with Crippen molar-refractivity contribution in [3.8, 4) is 17.2 Å². The topological polar surface area (TPSA) is 153 Å². The second-order valence-corrected chi connectivity index (χ2v) is 18.6. The number of aliphatic hydroxyl groups is 2. The Labute approximate surface area is 384 Å². The number of aryl methyl sites for hydroxylation is 2. The fourth-order valence-electron chi connectivity index (χ4n) is 11.0. The van der Waals surface area contributed by atoms with Gasteiger partial charge in [-0.1, -0.05) is 68.8 Å². The van der Waals surface area contributed by atoms with E-state index in [0.29, 0.717) is 55.4 Å². The third-order valence-corrected chi connectivity index (χ3v) is 14.3. The molecule has 3 aromatic carbocycles. The zero-order valence-electron chi connectivity index (χ0n) is 38.6. The van der Waals surface area contributed by atoms with Crippen molar-refractivity contribution < 1.29 is 39.0 Å². The zero-order valence-corrected chi connectivity index (χ0v) is 38.6. The standard InChI is InChI=1S/C53H69N3O9/c1-5-27-55(50(59)26-20-38-13-7-8-14-38)49-34-47(54-63-35-39-18-21-41(22-19-39)56(60)61)45-32-40(15-9-11-28-57)44(16-10-12-29-58)51-46-33-43(64-42-23-17-36(3)37(4)31-42)24-25-48(46)65-53(49,52(45)51)62-30-6-2/h6,17-19,21-25,31-33,38,40,44,49,51-52,57-58H,2,5,7-16,20,26-30,34-35H2,1,3-4H3. The molecule has 2 N–H and O–H groups in total. The summed E-state index contributed by atoms with van der Waals surface area (Å²) in [5.41, 5.74) is 5.70. The number of oxime groups is 1. The Kier molecular flexibility index (Phi) is 16.5. The smallest absolute Gasteiger partial charge is 0.269 e. The van der Waals surface area contributed by atoms with E-state index in [2.05, 4.69) is 45.6 Å². The third kappa shape index (κ3) is 11.0. The molecule has 6 atom stereocenters. The van der Waals surface area contributed by atoms with Crippen LogP contribution in [-0.2, 0) is 21.0 Å². The molecule has 0 saturated heterocycles. The van der Waals surface area contributed by atoms with Crippen LogP contribution in [0.15, 0.2) is 90.1 Å². The summed E-state index contributed by atoms with van der Waals surface area (Å²) in [7, 11) is 0. The minimum Gasteiger partial charge on any atom is -0.459 e. The number of ether oxygens (including phenoxy) is 3. The van der Waals surface area contributed by atoms with E-state index in [1.807, 2.05) is 29.2 Å². The number of non-ortho nitro benzene ring substituents is 1. The highest BCUT2D eigenvalue weighted by molar-refractivity contribution is 6.03. The van der Waals surface area contributed by atoms with Gasteiger partial charge in [-0.05, 0) is 135 Å². The lowest BCUT2D eigenvalue weighted by Gasteiger charge is -2.60. The lowest BCUT2D eigenvalue weighted by atomic mass is 9.55. The monoisotopic (exact) mass is 892 g/mol. The molecule has 2 saturated carbocycles. The maximum atomic E-state index is 14.9. The number of allylic oxidation sites excluding steroid dienone is 1. The number of hydrogen-bond acceptors (Lipinski definition) is 10. The molecule has 12 nitrogen and oxygen atoms in total. The Hall–Kier alpha value is -5.04. The number of nitro benzene ring substituents is 1. The van der Waals surface area contributed by atoms with Gasteiger partial charge in [-0.15, -0.1) is 6.58 Å². The molecule has 350 valence electrons. The second kappa shape index (κ2) is 22.4. The number of amides is 1. The summed E-state index contributed by atoms with van der Waals surface area (Å²) in [6.45, 7) is 11.3. The Morgan fingerprint density at radius 3 is 2.38 bits per heavy atom. The van der Waals surface area contributed by atoms with Crippen LogP contribution < -0.4 is 9.47 Å². The minimum absolute atomic E-state index is 0.000957. The molecule has 3 aromatic rings. The van der Waals surface area contributed by atoms with Gasteiger partial charge >= 0.3 is 0 Å². The SMILES string of the molecule is C=CCOC12Oc3ccc(Oc4ccc(C)c(C)c4)cc3C3C(CCCCO)C(CCCCO)C=C(C(=NOCc4ccc([N+](=O)[O-])cc4)CC1N(CCC)C(=O)CCC1CCCC1)C32. The van der Waals surface area contributed by atoms with Gasteiger partial charge in [0.15, 0.2) is 0 Å². The van der Waals surface area contributed by atoms with E-state index in [1.54, 1.807) is 18.2 Å². The first kappa shape index (κ1) is 47.9. The molecule has 0 aromatic heterocycles. The maximum absolute atomic E-state index is 14.9. The van der Waals surface area contributed by atoms with Crippen molar-refractivity contribution in [2.75, 3.05) is 26.4 Å². The predicted molar refractivity (Wildman–Crippen MR) is 252 cm³/mol. The molecule has 4 aliphatic rings. The Balaban J connectivity index is 1.40. The van der Waals surface area contributed by atoms with Crippen molar-refractivity contribution in [3.63, 3.8) is 0 Å². The fraction of sp³-hybridized carbons (Fsp3) is 0.547. The first-order chi connectivity index (χ1) is 31.6. The van der Waals surface area contributed by atoms with Crippen LogP contribution >= 0.6 is 0 Å². The number of benzene rings is 3. The highest BCUT2D eigenvalue weighted by Crippen LogP contribution is 2.62. The summed E-state index contributed by atoms with van der Waals surface area (Å²) in [5, 5.41) is 36.3. The van der Waals surface area contributed by atoms with E-state index < -0.39 is 22.7 Å². The molecule has 3 aliphatic carbocycles. The second-order valence-electron chi connectivity index (χ2n) is 18.6. The van der Waals surface area contributed by atoms with Gasteiger partial charge in [-0.25, -0.2) is 0 Å². The fourth-order valence-corrected chi connectivity index (χ4v) is 11.0. The van der Waals surface area contributed by atoms with Gasteiger partial charge in [0.2, 0.25) is 11.7 Å². The molecule has 12 heteroatoms. The lowest BCUT2D eigenvalue weighted by molar-refractivity contribution is -0.384. The molecule has 0 radical (unpaired) electrons. The number of carbonyl (C=O) groups excluding carboxylic acids is 1. The molecule has 0 bridgehead atoms. The minimum atomic E-state index is -1.34. The summed E-state index contributed by atoms with van der Waals surface area (Å²) < 4.78 is 21.2. The molecule has 1 amide bonds. The average Bonchev–Trinajstić information content (AvgIpc) is 3.84. The van der Waals surface area contributed by atoms with Crippen LogP contribution in [0.3, 0.4) is 0 Å². The van der Waals surface area contributed by atoms with Gasteiger partial charge in [0, 0.05) is 56.2 Å². The van der Waals surface area contributed by atoms with E-state index >= 15 is 0 Å². The van der Waals surface area contributed by atoms with E-state index in [9.17, 15) is 25.1 Å². The van der Waals surface area contributed by atoms with Gasteiger partial charge in [0.05, 0.1) is 23.2 Å². The van der Waals surface area contributed by atoms with Crippen molar-refractivity contribution >= 4 is 17.3 Å². The number of nitrogens with zero attached hydrogens (tertiary/aromatic N) is 3. The molecule has 1 aliphatic heterocycles. The van der Waals surface area contributed by atoms with Gasteiger partial charge in [-0.2, -0.15) is 0 Å². The van der Waals surface area contributed by atoms with E-state index in [-0.39, 0.29) is 55.8 Å². The van der Waals surface area contributed by atoms with Crippen LogP contribution in [0.2, 0.25) is 0 Å². The van der Waals surface area contributed by atoms with E-state index in [1.165, 1.54) is 30.5 Å². The number of unbranched alkanes of at least 4 members (excludes halogenated alkanes) is 2. The molecule has 0 spiro atoms. The van der Waals surface area contributed by atoms with Crippen LogP contribution in [0, 0.1) is 47.6 Å². The summed E-state index contributed by atoms with van der Waals surface area (Å²) in [4.78, 5) is 34.1. The van der Waals surface area contributed by atoms with Gasteiger partial charge in [0.1, 0.15) is 29.9 Å². The van der Waals surface area contributed by atoms with E-state index in [0.717, 1.165) is 79.4 Å². The van der Waals surface area contributed by atoms with Crippen molar-refractivity contribution in [3.05, 3.63) is 117 Å². The van der Waals surface area contributed by atoms with Crippen molar-refractivity contribution in [2.24, 2.45) is 28.8 Å². The van der Waals surface area contributed by atoms with Crippen molar-refractivity contribution in [1.82, 2.24) is 4.90 Å². The molecule has 2 fully saturated rings. The van der Waals surface area contributed by atoms with Gasteiger partial charge in [-0.3, -0.25) is 14.9 Å². The predicted octanol–water partition coefficient (Wildman–Crippen LogP) is 11.0. The van der Waals surface area contributed by atoms with Crippen LogP contribution in [0.25, 0.3) is 0 Å². The quantitative estimate of drug-likeness (QED) is 0.0410. The summed E-state index contributed by atoms with van der Waals surface area (Å²) in [6.07, 6.45) is 15.8. The van der Waals surface area contributed by atoms with E-state index in [4.69, 9.17) is 24.2 Å². The number of fused-ring (bicyclic) bond motifs is 2. The van der Waals surface area contributed by atoms with Crippen LogP contribution in [0.1, 0.15) is 125 Å². The van der Waals surface area contributed by atoms with Gasteiger partial charge in [0.25, 0.3) is 5.69 Å². The highest BCUT2D eigenvalue weighted by Gasteiger charge is 2.65. The molecule has 7 rings (SSSR count). The number of nitro groups is 1. The van der Waals surface area contributed by atoms with Gasteiger partial charge < -0.3 is 34.2 Å². The maximum Gasteiger partial charge on any atom is 0.269 e. The Bertz CT molecular complexity index is 2170. The normalized spacial score (nSPS) is 24.1. The summed E-state index contributed by atoms with van der Waals surface area (Å²) in [5.74, 6) is 0.884. The molecule has 1 heterocycles. The number of carbonyl (C=O) groups is 1. The Morgan fingerprint density at radius 1 is 0.969 bits per heavy atom. The summed E-state index contributed by atoms with van der Waals surface area (Å²) >= 11 is 0. The molecule has 6 unspecified atom stereocenters. The first-order valence-electron chi connectivity index (χ1n) is 24.1. The lowest BCUT2D eigenvalue weighted by Crippen LogP contribution is -2.70. The Morgan fingerprint density at radius 2 is 1.69 bits per heavy atom. The zero-order chi connectivity index (χ0) is 45.9. The average molecular weight is 892 g/mol. The van der Waals surface area contributed by atoms with Crippen molar-refractivity contribution in [1.29, 1.82) is 0 Å². The molecular weight excluding hydrogens is 823 g/mol. The summed E-state index contributed by atoms with van der Waals surface area (Å²) in [6, 6.07) is 17.8. The van der Waals surface area contributed by atoms with Crippen LogP contribution in [-0.4, -0.2) is 69.8 Å². The molecular formula is C53H69N3O9. The largest absolute Gasteiger partial charge is 0.459 e. The first-order valence-corrected chi connectivity index (χ1v) is 24.1. The van der Waals surface area contributed by atoms with Crippen LogP contribution in [0.4, 0.5) is 5.69 Å².